The SMILES string of the molecule is CN(C)CC(=O)N1CCN(c2cc(S(=O)(=O)NC3(C#N)CC3)cn3c(-c4nnc(C(F)(F)F)s4)ncc23)CC1. The highest BCUT2D eigenvalue weighted by molar-refractivity contribution is 7.89. The molecule has 3 aromatic rings. The molecule has 0 radical (unpaired) electrons. The zero-order valence-electron chi connectivity index (χ0n) is 20.9. The lowest BCUT2D eigenvalue weighted by Gasteiger charge is -2.37. The summed E-state index contributed by atoms with van der Waals surface area (Å²) in [5.74, 6) is -0.0301. The minimum Gasteiger partial charge on any atom is -0.366 e. The number of hydrogen-bond acceptors (Lipinski definition) is 10. The Morgan fingerprint density at radius 3 is 2.49 bits per heavy atom. The van der Waals surface area contributed by atoms with E-state index in [1.54, 1.807) is 23.9 Å². The summed E-state index contributed by atoms with van der Waals surface area (Å²) in [6, 6.07) is 3.44. The molecule has 0 aromatic carbocycles. The third-order valence-corrected chi connectivity index (χ3v) is 8.95. The summed E-state index contributed by atoms with van der Waals surface area (Å²) >= 11 is 0.299. The number of alkyl halides is 3. The third kappa shape index (κ3) is 5.41. The molecule has 0 unspecified atom stereocenters. The maximum Gasteiger partial charge on any atom is 0.445 e. The number of nitriles is 1. The number of halogens is 3. The van der Waals surface area contributed by atoms with Crippen molar-refractivity contribution < 1.29 is 26.4 Å². The van der Waals surface area contributed by atoms with Crippen LogP contribution in [-0.2, 0) is 21.0 Å². The predicted octanol–water partition coefficient (Wildman–Crippen LogP) is 1.42. The zero-order chi connectivity index (χ0) is 28.2. The summed E-state index contributed by atoms with van der Waals surface area (Å²) in [5, 5.41) is 15.0. The molecule has 1 aliphatic heterocycles. The summed E-state index contributed by atoms with van der Waals surface area (Å²) in [6.07, 6.45) is -1.25. The number of pyridine rings is 1. The molecule has 5 rings (SSSR count). The Labute approximate surface area is 225 Å². The van der Waals surface area contributed by atoms with Gasteiger partial charge in [0.15, 0.2) is 10.8 Å². The van der Waals surface area contributed by atoms with Crippen LogP contribution in [0.4, 0.5) is 18.9 Å². The van der Waals surface area contributed by atoms with Crippen LogP contribution in [0.5, 0.6) is 0 Å². The van der Waals surface area contributed by atoms with Gasteiger partial charge in [0.1, 0.15) is 10.4 Å². The van der Waals surface area contributed by atoms with Gasteiger partial charge in [0, 0.05) is 32.4 Å². The number of anilines is 1. The fourth-order valence-electron chi connectivity index (χ4n) is 4.29. The minimum atomic E-state index is -4.69. The normalized spacial score (nSPS) is 17.6. The molecule has 0 spiro atoms. The van der Waals surface area contributed by atoms with Crippen molar-refractivity contribution in [3.05, 3.63) is 23.5 Å². The Morgan fingerprint density at radius 1 is 1.23 bits per heavy atom. The van der Waals surface area contributed by atoms with E-state index in [1.165, 1.54) is 22.9 Å². The molecule has 1 N–H and O–H groups in total. The summed E-state index contributed by atoms with van der Waals surface area (Å²) in [5.41, 5.74) is -0.258. The topological polar surface area (TPSA) is 140 Å². The van der Waals surface area contributed by atoms with Gasteiger partial charge in [-0.2, -0.15) is 23.2 Å². The van der Waals surface area contributed by atoms with Gasteiger partial charge in [-0.3, -0.25) is 9.20 Å². The minimum absolute atomic E-state index is 0.00230. The molecule has 208 valence electrons. The third-order valence-electron chi connectivity index (χ3n) is 6.48. The average molecular weight is 584 g/mol. The van der Waals surface area contributed by atoms with Crippen LogP contribution in [0.2, 0.25) is 0 Å². The van der Waals surface area contributed by atoms with E-state index in [0.717, 1.165) is 0 Å². The van der Waals surface area contributed by atoms with Crippen LogP contribution in [0, 0.1) is 11.3 Å². The second-order valence-corrected chi connectivity index (χ2v) is 12.4. The highest BCUT2D eigenvalue weighted by atomic mass is 32.2. The number of fused-ring (bicyclic) bond motifs is 1. The molecule has 2 aliphatic rings. The fourth-order valence-corrected chi connectivity index (χ4v) is 6.38. The summed E-state index contributed by atoms with van der Waals surface area (Å²) in [6.45, 7) is 1.85. The van der Waals surface area contributed by atoms with Crippen LogP contribution >= 0.6 is 11.3 Å². The van der Waals surface area contributed by atoms with Gasteiger partial charge in [0.25, 0.3) is 0 Å². The average Bonchev–Trinajstić information content (AvgIpc) is 3.26. The van der Waals surface area contributed by atoms with Gasteiger partial charge < -0.3 is 14.7 Å². The van der Waals surface area contributed by atoms with Gasteiger partial charge in [-0.15, -0.1) is 10.2 Å². The number of rotatable bonds is 7. The first-order valence-corrected chi connectivity index (χ1v) is 14.2. The number of carbonyl (C=O) groups excluding carboxylic acids is 1. The van der Waals surface area contributed by atoms with Crippen molar-refractivity contribution >= 4 is 38.5 Å². The number of likely N-dealkylation sites (N-methyl/N-ethyl adjacent to an activating group) is 1. The summed E-state index contributed by atoms with van der Waals surface area (Å²) in [4.78, 5) is 22.0. The standard InChI is InChI=1S/C22H24F3N9O3S2/c1-31(2)12-17(35)33-7-5-32(6-8-33)15-9-14(39(36,37)30-21(13-26)3-4-21)11-34-16(15)10-27-18(34)19-28-29-20(38-19)22(23,24)25/h9-11,30H,3-8,12H2,1-2H3. The number of sulfonamides is 1. The van der Waals surface area contributed by atoms with Crippen LogP contribution in [0.3, 0.4) is 0 Å². The second kappa shape index (κ2) is 9.70. The van der Waals surface area contributed by atoms with Crippen molar-refractivity contribution in [2.45, 2.75) is 29.5 Å². The fraction of sp³-hybridized carbons (Fsp3) is 0.500. The Balaban J connectivity index is 1.55. The lowest BCUT2D eigenvalue weighted by atomic mass is 10.2. The molecule has 39 heavy (non-hydrogen) atoms. The molecule has 17 heteroatoms. The summed E-state index contributed by atoms with van der Waals surface area (Å²) < 4.78 is 70.0. The van der Waals surface area contributed by atoms with E-state index in [0.29, 0.717) is 61.6 Å². The van der Waals surface area contributed by atoms with Gasteiger partial charge in [-0.05, 0) is 33.0 Å². The maximum atomic E-state index is 13.3. The van der Waals surface area contributed by atoms with Crippen molar-refractivity contribution in [2.75, 3.05) is 51.7 Å². The van der Waals surface area contributed by atoms with Gasteiger partial charge >= 0.3 is 6.18 Å². The van der Waals surface area contributed by atoms with E-state index < -0.39 is 26.7 Å². The molecule has 1 aliphatic carbocycles. The monoisotopic (exact) mass is 583 g/mol. The van der Waals surface area contributed by atoms with Gasteiger partial charge in [-0.1, -0.05) is 11.3 Å². The van der Waals surface area contributed by atoms with Gasteiger partial charge in [0.2, 0.25) is 20.9 Å². The first-order valence-electron chi connectivity index (χ1n) is 11.9. The molecular formula is C22H24F3N9O3S2. The highest BCUT2D eigenvalue weighted by Gasteiger charge is 2.47. The molecule has 0 bridgehead atoms. The predicted molar refractivity (Wildman–Crippen MR) is 134 cm³/mol. The number of carbonyl (C=O) groups is 1. The van der Waals surface area contributed by atoms with E-state index in [1.807, 2.05) is 11.0 Å². The Bertz CT molecular complexity index is 1560. The van der Waals surface area contributed by atoms with E-state index in [9.17, 15) is 31.6 Å². The van der Waals surface area contributed by atoms with E-state index >= 15 is 0 Å². The Hall–Kier alpha value is -3.33. The molecule has 1 saturated carbocycles. The van der Waals surface area contributed by atoms with E-state index in [4.69, 9.17) is 0 Å². The number of imidazole rings is 1. The van der Waals surface area contributed by atoms with Crippen LogP contribution < -0.4 is 9.62 Å². The first-order chi connectivity index (χ1) is 18.3. The molecule has 1 amide bonds. The molecule has 0 atom stereocenters. The number of amides is 1. The second-order valence-electron chi connectivity index (χ2n) is 9.71. The van der Waals surface area contributed by atoms with Crippen molar-refractivity contribution in [2.24, 2.45) is 0 Å². The number of nitrogens with one attached hydrogen (secondary N) is 1. The number of piperazine rings is 1. The smallest absolute Gasteiger partial charge is 0.366 e. The van der Waals surface area contributed by atoms with Crippen molar-refractivity contribution in [3.8, 4) is 16.9 Å². The Kier molecular flexibility index (Phi) is 6.77. The molecule has 4 heterocycles. The quantitative estimate of drug-likeness (QED) is 0.437. The van der Waals surface area contributed by atoms with Crippen LogP contribution in [0.25, 0.3) is 16.3 Å². The molecular weight excluding hydrogens is 559 g/mol. The largest absolute Gasteiger partial charge is 0.445 e. The zero-order valence-corrected chi connectivity index (χ0v) is 22.6. The lowest BCUT2D eigenvalue weighted by Crippen LogP contribution is -2.50. The number of hydrogen-bond donors (Lipinski definition) is 1. The van der Waals surface area contributed by atoms with Crippen LogP contribution in [-0.4, -0.2) is 96.1 Å². The van der Waals surface area contributed by atoms with Crippen molar-refractivity contribution in [1.29, 1.82) is 5.26 Å². The van der Waals surface area contributed by atoms with Crippen LogP contribution in [0.15, 0.2) is 23.4 Å². The molecule has 1 saturated heterocycles. The number of nitrogens with zero attached hydrogens (tertiary/aromatic N) is 8. The van der Waals surface area contributed by atoms with Crippen molar-refractivity contribution in [1.82, 2.24) is 34.1 Å². The van der Waals surface area contributed by atoms with E-state index in [2.05, 4.69) is 19.9 Å². The molecule has 3 aromatic heterocycles. The van der Waals surface area contributed by atoms with Gasteiger partial charge in [-0.25, -0.2) is 13.4 Å². The number of aromatic nitrogens is 4. The van der Waals surface area contributed by atoms with Gasteiger partial charge in [0.05, 0.1) is 30.0 Å². The van der Waals surface area contributed by atoms with E-state index in [-0.39, 0.29) is 28.2 Å². The van der Waals surface area contributed by atoms with Crippen molar-refractivity contribution in [3.63, 3.8) is 0 Å². The highest BCUT2D eigenvalue weighted by Crippen LogP contribution is 2.38. The Morgan fingerprint density at radius 2 is 1.92 bits per heavy atom. The lowest BCUT2D eigenvalue weighted by molar-refractivity contribution is -0.138. The summed E-state index contributed by atoms with van der Waals surface area (Å²) in [7, 11) is -0.580. The van der Waals surface area contributed by atoms with Crippen LogP contribution in [0.1, 0.15) is 17.8 Å². The first kappa shape index (κ1) is 27.2. The molecule has 2 fully saturated rings. The maximum absolute atomic E-state index is 13.3. The molecule has 12 nitrogen and oxygen atoms in total.